The fraction of sp³-hybridized carbons (Fsp3) is 0.600. The van der Waals surface area contributed by atoms with Crippen LogP contribution in [0.15, 0.2) is 30.3 Å². The predicted molar refractivity (Wildman–Crippen MR) is 76.5 cm³/mol. The second-order valence-corrected chi connectivity index (χ2v) is 6.59. The molecule has 0 aliphatic carbocycles. The largest absolute Gasteiger partial charge is 0.259 e. The molecule has 1 aromatic carbocycles. The van der Waals surface area contributed by atoms with Gasteiger partial charge in [-0.3, -0.25) is 4.21 Å². The number of benzene rings is 1. The highest BCUT2D eigenvalue weighted by atomic mass is 32.2. The van der Waals surface area contributed by atoms with Crippen molar-refractivity contribution in [1.82, 2.24) is 0 Å². The topological polar surface area (TPSA) is 17.1 Å². The molecule has 0 N–H and O–H groups in total. The molecule has 1 rings (SSSR count). The monoisotopic (exact) mass is 252 g/mol. The molecule has 1 unspecified atom stereocenters. The molecule has 0 heterocycles. The van der Waals surface area contributed by atoms with E-state index in [2.05, 4.69) is 26.0 Å². The first-order chi connectivity index (χ1) is 8.18. The minimum absolute atomic E-state index is 0.685. The smallest absolute Gasteiger partial charge is 0.0485 e. The molecule has 0 fully saturated rings. The van der Waals surface area contributed by atoms with E-state index >= 15 is 0 Å². The zero-order valence-electron chi connectivity index (χ0n) is 11.0. The van der Waals surface area contributed by atoms with Crippen molar-refractivity contribution in [2.45, 2.75) is 45.3 Å². The third-order valence-electron chi connectivity index (χ3n) is 2.82. The highest BCUT2D eigenvalue weighted by Crippen LogP contribution is 2.09. The van der Waals surface area contributed by atoms with Crippen molar-refractivity contribution in [3.8, 4) is 0 Å². The molecular formula is C15H24OS. The van der Waals surface area contributed by atoms with Crippen molar-refractivity contribution >= 4 is 10.8 Å². The molecule has 0 spiro atoms. The van der Waals surface area contributed by atoms with E-state index in [0.29, 0.717) is 5.75 Å². The van der Waals surface area contributed by atoms with Crippen LogP contribution in [-0.4, -0.2) is 9.96 Å². The molecule has 1 atom stereocenters. The Morgan fingerprint density at radius 2 is 1.76 bits per heavy atom. The van der Waals surface area contributed by atoms with E-state index in [9.17, 15) is 4.21 Å². The van der Waals surface area contributed by atoms with E-state index in [0.717, 1.165) is 18.1 Å². The average Bonchev–Trinajstić information content (AvgIpc) is 2.29. The maximum absolute atomic E-state index is 11.8. The lowest BCUT2D eigenvalue weighted by atomic mass is 10.1. The van der Waals surface area contributed by atoms with Gasteiger partial charge < -0.3 is 0 Å². The van der Waals surface area contributed by atoms with Gasteiger partial charge in [0.1, 0.15) is 0 Å². The molecule has 0 aliphatic heterocycles. The number of hydrogen-bond acceptors (Lipinski definition) is 1. The molecule has 0 aliphatic rings. The van der Waals surface area contributed by atoms with E-state index in [1.54, 1.807) is 0 Å². The van der Waals surface area contributed by atoms with E-state index in [-0.39, 0.29) is 0 Å². The molecule has 96 valence electrons. The molecule has 0 saturated carbocycles. The summed E-state index contributed by atoms with van der Waals surface area (Å²) in [6, 6.07) is 10.1. The summed E-state index contributed by atoms with van der Waals surface area (Å²) in [5, 5.41) is 0. The van der Waals surface area contributed by atoms with Gasteiger partial charge in [-0.25, -0.2) is 0 Å². The first-order valence-corrected chi connectivity index (χ1v) is 8.06. The second kappa shape index (κ2) is 8.46. The van der Waals surface area contributed by atoms with E-state index in [1.165, 1.54) is 24.8 Å². The summed E-state index contributed by atoms with van der Waals surface area (Å²) in [5.74, 6) is 2.36. The van der Waals surface area contributed by atoms with Gasteiger partial charge in [0, 0.05) is 22.3 Å². The zero-order chi connectivity index (χ0) is 12.5. The molecule has 0 saturated heterocycles. The molecule has 0 aromatic heterocycles. The standard InChI is InChI=1S/C15H24OS/c1-14(2)9-5-4-8-12-17(16)13-15-10-6-3-7-11-15/h3,6-7,10-11,14H,4-5,8-9,12-13H2,1-2H3. The van der Waals surface area contributed by atoms with Crippen LogP contribution in [0.5, 0.6) is 0 Å². The molecule has 17 heavy (non-hydrogen) atoms. The van der Waals surface area contributed by atoms with Crippen LogP contribution in [0.3, 0.4) is 0 Å². The molecule has 0 amide bonds. The van der Waals surface area contributed by atoms with Crippen molar-refractivity contribution in [3.63, 3.8) is 0 Å². The number of rotatable bonds is 8. The van der Waals surface area contributed by atoms with Gasteiger partial charge in [0.15, 0.2) is 0 Å². The van der Waals surface area contributed by atoms with Gasteiger partial charge in [0.25, 0.3) is 0 Å². The van der Waals surface area contributed by atoms with Crippen molar-refractivity contribution in [1.29, 1.82) is 0 Å². The van der Waals surface area contributed by atoms with Crippen molar-refractivity contribution in [2.75, 3.05) is 5.75 Å². The minimum Gasteiger partial charge on any atom is -0.259 e. The second-order valence-electron chi connectivity index (χ2n) is 5.02. The predicted octanol–water partition coefficient (Wildman–Crippen LogP) is 4.15. The summed E-state index contributed by atoms with van der Waals surface area (Å²) < 4.78 is 11.8. The van der Waals surface area contributed by atoms with Gasteiger partial charge in [0.2, 0.25) is 0 Å². The van der Waals surface area contributed by atoms with Crippen molar-refractivity contribution in [2.24, 2.45) is 5.92 Å². The third-order valence-corrected chi connectivity index (χ3v) is 4.22. The molecule has 1 aromatic rings. The maximum atomic E-state index is 11.8. The average molecular weight is 252 g/mol. The van der Waals surface area contributed by atoms with Crippen molar-refractivity contribution < 1.29 is 4.21 Å². The fourth-order valence-corrected chi connectivity index (χ4v) is 3.06. The quantitative estimate of drug-likeness (QED) is 0.635. The Balaban J connectivity index is 2.10. The van der Waals surface area contributed by atoms with E-state index in [1.807, 2.05) is 18.2 Å². The van der Waals surface area contributed by atoms with Crippen LogP contribution in [-0.2, 0) is 16.6 Å². The SMILES string of the molecule is CC(C)CCCCCS(=O)Cc1ccccc1. The summed E-state index contributed by atoms with van der Waals surface area (Å²) in [4.78, 5) is 0. The Morgan fingerprint density at radius 3 is 2.41 bits per heavy atom. The number of hydrogen-bond donors (Lipinski definition) is 0. The maximum Gasteiger partial charge on any atom is 0.0485 e. The Kier molecular flexibility index (Phi) is 7.18. The summed E-state index contributed by atoms with van der Waals surface area (Å²) in [5.41, 5.74) is 1.19. The first kappa shape index (κ1) is 14.4. The summed E-state index contributed by atoms with van der Waals surface area (Å²) in [6.07, 6.45) is 4.90. The number of unbranched alkanes of at least 4 members (excludes halogenated alkanes) is 2. The first-order valence-electron chi connectivity index (χ1n) is 6.57. The fourth-order valence-electron chi connectivity index (χ4n) is 1.82. The normalized spacial score (nSPS) is 12.9. The lowest BCUT2D eigenvalue weighted by Crippen LogP contribution is -2.01. The van der Waals surface area contributed by atoms with E-state index < -0.39 is 10.8 Å². The van der Waals surface area contributed by atoms with Crippen LogP contribution >= 0.6 is 0 Å². The van der Waals surface area contributed by atoms with Crippen LogP contribution in [0.25, 0.3) is 0 Å². The van der Waals surface area contributed by atoms with Gasteiger partial charge in [-0.15, -0.1) is 0 Å². The van der Waals surface area contributed by atoms with Crippen LogP contribution in [0.4, 0.5) is 0 Å². The van der Waals surface area contributed by atoms with Crippen LogP contribution in [0, 0.1) is 5.92 Å². The Labute approximate surface area is 108 Å². The minimum atomic E-state index is -0.685. The molecule has 0 bridgehead atoms. The van der Waals surface area contributed by atoms with Crippen molar-refractivity contribution in [3.05, 3.63) is 35.9 Å². The Morgan fingerprint density at radius 1 is 1.06 bits per heavy atom. The van der Waals surface area contributed by atoms with Gasteiger partial charge in [0.05, 0.1) is 0 Å². The van der Waals surface area contributed by atoms with Gasteiger partial charge in [-0.05, 0) is 17.9 Å². The van der Waals surface area contributed by atoms with Gasteiger partial charge in [-0.1, -0.05) is 63.4 Å². The highest BCUT2D eigenvalue weighted by Gasteiger charge is 2.01. The summed E-state index contributed by atoms with van der Waals surface area (Å²) in [6.45, 7) is 4.51. The van der Waals surface area contributed by atoms with Crippen LogP contribution in [0.1, 0.15) is 45.1 Å². The molecule has 2 heteroatoms. The Bertz CT molecular complexity index is 319. The molecular weight excluding hydrogens is 228 g/mol. The Hall–Kier alpha value is -0.630. The van der Waals surface area contributed by atoms with Gasteiger partial charge >= 0.3 is 0 Å². The summed E-state index contributed by atoms with van der Waals surface area (Å²) >= 11 is 0. The van der Waals surface area contributed by atoms with Crippen LogP contribution in [0.2, 0.25) is 0 Å². The molecule has 1 nitrogen and oxygen atoms in total. The van der Waals surface area contributed by atoms with Crippen LogP contribution < -0.4 is 0 Å². The lowest BCUT2D eigenvalue weighted by Gasteiger charge is -2.05. The highest BCUT2D eigenvalue weighted by molar-refractivity contribution is 7.84. The van der Waals surface area contributed by atoms with Gasteiger partial charge in [-0.2, -0.15) is 0 Å². The van der Waals surface area contributed by atoms with E-state index in [4.69, 9.17) is 0 Å². The lowest BCUT2D eigenvalue weighted by molar-refractivity contribution is 0.534. The molecule has 0 radical (unpaired) electrons. The zero-order valence-corrected chi connectivity index (χ0v) is 11.8. The third kappa shape index (κ3) is 7.32. The summed E-state index contributed by atoms with van der Waals surface area (Å²) in [7, 11) is -0.685.